The van der Waals surface area contributed by atoms with Gasteiger partial charge in [-0.05, 0) is 61.4 Å². The monoisotopic (exact) mass is 633 g/mol. The maximum absolute atomic E-state index is 14.6. The third-order valence-corrected chi connectivity index (χ3v) is 10.3. The van der Waals surface area contributed by atoms with E-state index in [-0.39, 0.29) is 30.0 Å². The van der Waals surface area contributed by atoms with Crippen molar-refractivity contribution in [3.63, 3.8) is 0 Å². The van der Waals surface area contributed by atoms with E-state index in [4.69, 9.17) is 9.47 Å². The summed E-state index contributed by atoms with van der Waals surface area (Å²) >= 11 is 0. The van der Waals surface area contributed by atoms with Gasteiger partial charge >= 0.3 is 5.97 Å². The summed E-state index contributed by atoms with van der Waals surface area (Å²) in [5.74, 6) is -1.02. The van der Waals surface area contributed by atoms with Crippen LogP contribution in [0.5, 0.6) is 5.75 Å². The smallest absolute Gasteiger partial charge is 0.337 e. The number of rotatable bonds is 7. The van der Waals surface area contributed by atoms with E-state index in [2.05, 4.69) is 0 Å². The van der Waals surface area contributed by atoms with Crippen LogP contribution in [0.4, 0.5) is 4.39 Å². The normalized spacial score (nSPS) is 20.1. The molecule has 2 aliphatic rings. The number of carbonyl (C=O) groups excluding carboxylic acids is 3. The predicted octanol–water partition coefficient (Wildman–Crippen LogP) is 4.31. The molecule has 0 bridgehead atoms. The van der Waals surface area contributed by atoms with Crippen LogP contribution in [0, 0.1) is 13.8 Å². The van der Waals surface area contributed by atoms with Crippen molar-refractivity contribution in [3.05, 3.63) is 94.7 Å². The van der Waals surface area contributed by atoms with Crippen molar-refractivity contribution < 1.29 is 36.7 Å². The van der Waals surface area contributed by atoms with Crippen molar-refractivity contribution in [1.29, 1.82) is 0 Å². The van der Waals surface area contributed by atoms with Gasteiger partial charge in [0.1, 0.15) is 24.0 Å². The molecular formula is C33H32FN3O7S. The highest BCUT2D eigenvalue weighted by Gasteiger charge is 2.51. The van der Waals surface area contributed by atoms with E-state index in [9.17, 15) is 27.2 Å². The number of hydrogen-bond acceptors (Lipinski definition) is 7. The highest BCUT2D eigenvalue weighted by atomic mass is 32.2. The van der Waals surface area contributed by atoms with Crippen molar-refractivity contribution in [2.45, 2.75) is 50.0 Å². The molecule has 2 saturated heterocycles. The van der Waals surface area contributed by atoms with Crippen LogP contribution in [0.3, 0.4) is 0 Å². The summed E-state index contributed by atoms with van der Waals surface area (Å²) in [6.45, 7) is 3.34. The Morgan fingerprint density at radius 2 is 1.67 bits per heavy atom. The summed E-state index contributed by atoms with van der Waals surface area (Å²) in [5.41, 5.74) is 3.16. The van der Waals surface area contributed by atoms with E-state index < -0.39 is 46.1 Å². The lowest BCUT2D eigenvalue weighted by atomic mass is 9.95. The minimum absolute atomic E-state index is 0.110. The van der Waals surface area contributed by atoms with Gasteiger partial charge < -0.3 is 19.3 Å². The zero-order valence-corrected chi connectivity index (χ0v) is 26.0. The van der Waals surface area contributed by atoms with E-state index in [0.29, 0.717) is 33.3 Å². The molecule has 6 rings (SSSR count). The molecule has 45 heavy (non-hydrogen) atoms. The Balaban J connectivity index is 1.48. The molecule has 0 radical (unpaired) electrons. The molecule has 3 heterocycles. The van der Waals surface area contributed by atoms with E-state index in [1.807, 2.05) is 6.92 Å². The van der Waals surface area contributed by atoms with Crippen LogP contribution in [0.15, 0.2) is 71.8 Å². The summed E-state index contributed by atoms with van der Waals surface area (Å²) in [5, 5.41) is 0.528. The molecular weight excluding hydrogens is 601 g/mol. The molecule has 3 aromatic carbocycles. The third-order valence-electron chi connectivity index (χ3n) is 8.62. The van der Waals surface area contributed by atoms with Crippen LogP contribution < -0.4 is 4.74 Å². The minimum Gasteiger partial charge on any atom is -0.496 e. The van der Waals surface area contributed by atoms with Crippen LogP contribution in [0.1, 0.15) is 45.1 Å². The number of amides is 2. The molecule has 2 amide bonds. The third kappa shape index (κ3) is 5.02. The molecule has 10 nitrogen and oxygen atoms in total. The quantitative estimate of drug-likeness (QED) is 0.279. The second-order valence-electron chi connectivity index (χ2n) is 11.4. The summed E-state index contributed by atoms with van der Waals surface area (Å²) in [4.78, 5) is 42.8. The zero-order valence-electron chi connectivity index (χ0n) is 25.2. The fourth-order valence-electron chi connectivity index (χ4n) is 6.35. The van der Waals surface area contributed by atoms with Gasteiger partial charge in [-0.15, -0.1) is 0 Å². The number of benzene rings is 3. The van der Waals surface area contributed by atoms with Crippen LogP contribution in [0.25, 0.3) is 10.9 Å². The summed E-state index contributed by atoms with van der Waals surface area (Å²) in [6, 6.07) is 14.0. The maximum atomic E-state index is 14.6. The van der Waals surface area contributed by atoms with Crippen LogP contribution in [-0.2, 0) is 30.9 Å². The van der Waals surface area contributed by atoms with Gasteiger partial charge in [0.25, 0.3) is 15.9 Å². The number of piperazine rings is 1. The Labute approximate surface area is 260 Å². The van der Waals surface area contributed by atoms with E-state index in [1.165, 1.54) is 46.3 Å². The van der Waals surface area contributed by atoms with Crippen molar-refractivity contribution in [1.82, 2.24) is 13.8 Å². The fraction of sp³-hybridized carbons (Fsp3) is 0.303. The molecule has 2 aliphatic heterocycles. The zero-order chi connectivity index (χ0) is 32.2. The Morgan fingerprint density at radius 3 is 2.31 bits per heavy atom. The van der Waals surface area contributed by atoms with Gasteiger partial charge in [-0.3, -0.25) is 9.59 Å². The first-order chi connectivity index (χ1) is 21.5. The molecule has 1 aromatic heterocycles. The Kier molecular flexibility index (Phi) is 7.64. The number of nitrogens with zero attached hydrogens (tertiary/aromatic N) is 3. The lowest BCUT2D eigenvalue weighted by Gasteiger charge is -2.42. The van der Waals surface area contributed by atoms with Crippen LogP contribution in [0.2, 0.25) is 0 Å². The van der Waals surface area contributed by atoms with Gasteiger partial charge in [-0.2, -0.15) is 0 Å². The number of aromatic nitrogens is 1. The van der Waals surface area contributed by atoms with Crippen molar-refractivity contribution in [2.75, 3.05) is 20.8 Å². The standard InChI is InChI=1S/C33H32FN3O7S/c1-19-5-11-24(12-6-19)45(41,42)37-14-13-25-26(28(43-3)15-20(2)29(25)37)18-36-30(21-7-9-22(10-8-21)33(40)44-4)32(39)35-17-23(34)16-27(35)31(36)38/h5-15,23,27,30H,16-18H2,1-4H3/t23-,27-,30?/m1/s1. The molecule has 12 heteroatoms. The number of methoxy groups -OCH3 is 2. The van der Waals surface area contributed by atoms with Gasteiger partial charge in [0, 0.05) is 23.6 Å². The summed E-state index contributed by atoms with van der Waals surface area (Å²) in [6.07, 6.45) is 0.0153. The molecule has 0 N–H and O–H groups in total. The fourth-order valence-corrected chi connectivity index (χ4v) is 7.76. The maximum Gasteiger partial charge on any atom is 0.337 e. The molecule has 0 aliphatic carbocycles. The molecule has 3 atom stereocenters. The molecule has 1 unspecified atom stereocenters. The largest absolute Gasteiger partial charge is 0.496 e. The van der Waals surface area contributed by atoms with Crippen LogP contribution in [-0.4, -0.2) is 73.0 Å². The number of fused-ring (bicyclic) bond motifs is 2. The van der Waals surface area contributed by atoms with E-state index in [0.717, 1.165) is 5.56 Å². The Morgan fingerprint density at radius 1 is 0.978 bits per heavy atom. The van der Waals surface area contributed by atoms with E-state index >= 15 is 0 Å². The van der Waals surface area contributed by atoms with Gasteiger partial charge in [0.15, 0.2) is 0 Å². The summed E-state index contributed by atoms with van der Waals surface area (Å²) in [7, 11) is -1.24. The first-order valence-electron chi connectivity index (χ1n) is 14.4. The first-order valence-corrected chi connectivity index (χ1v) is 15.8. The topological polar surface area (TPSA) is 115 Å². The lowest BCUT2D eigenvalue weighted by Crippen LogP contribution is -2.58. The summed E-state index contributed by atoms with van der Waals surface area (Å²) < 4.78 is 53.8. The van der Waals surface area contributed by atoms with Gasteiger partial charge in [0.2, 0.25) is 5.91 Å². The second-order valence-corrected chi connectivity index (χ2v) is 13.2. The average Bonchev–Trinajstić information content (AvgIpc) is 3.66. The van der Waals surface area contributed by atoms with Gasteiger partial charge in [-0.1, -0.05) is 29.8 Å². The van der Waals surface area contributed by atoms with Crippen LogP contribution >= 0.6 is 0 Å². The highest BCUT2D eigenvalue weighted by Crippen LogP contribution is 2.40. The number of halogens is 1. The van der Waals surface area contributed by atoms with Crippen molar-refractivity contribution in [2.24, 2.45) is 0 Å². The van der Waals surface area contributed by atoms with E-state index in [1.54, 1.807) is 55.5 Å². The number of aryl methyl sites for hydroxylation is 2. The lowest BCUT2D eigenvalue weighted by molar-refractivity contribution is -0.160. The first kappa shape index (κ1) is 30.3. The number of ether oxygens (including phenoxy) is 2. The number of alkyl halides is 1. The second kappa shape index (κ2) is 11.3. The number of carbonyl (C=O) groups is 3. The van der Waals surface area contributed by atoms with Crippen molar-refractivity contribution in [3.8, 4) is 5.75 Å². The molecule has 0 saturated carbocycles. The molecule has 0 spiro atoms. The highest BCUT2D eigenvalue weighted by molar-refractivity contribution is 7.90. The minimum atomic E-state index is -3.98. The Bertz CT molecular complexity index is 1940. The molecule has 234 valence electrons. The number of hydrogen-bond donors (Lipinski definition) is 0. The van der Waals surface area contributed by atoms with Gasteiger partial charge in [-0.25, -0.2) is 21.6 Å². The molecule has 4 aromatic rings. The molecule has 2 fully saturated rings. The van der Waals surface area contributed by atoms with Crippen molar-refractivity contribution >= 4 is 38.7 Å². The average molecular weight is 634 g/mol. The predicted molar refractivity (Wildman–Crippen MR) is 163 cm³/mol. The van der Waals surface area contributed by atoms with Gasteiger partial charge in [0.05, 0.1) is 43.3 Å². The Hall–Kier alpha value is -4.71. The SMILES string of the molecule is COC(=O)c1ccc(C2C(=O)N3C[C@H](F)C[C@@H]3C(=O)N2Cc2c(OC)cc(C)c3c2ccn3S(=O)(=O)c2ccc(C)cc2)cc1. The number of esters is 1.